The van der Waals surface area contributed by atoms with Gasteiger partial charge in [-0.1, -0.05) is 17.7 Å². The van der Waals surface area contributed by atoms with Crippen molar-refractivity contribution < 1.29 is 22.8 Å². The smallest absolute Gasteiger partial charge is 0.322 e. The van der Waals surface area contributed by atoms with Crippen LogP contribution in [0.25, 0.3) is 5.69 Å². The van der Waals surface area contributed by atoms with Gasteiger partial charge in [-0.15, -0.1) is 0 Å². The Kier molecular flexibility index (Phi) is 5.64. The van der Waals surface area contributed by atoms with E-state index < -0.39 is 23.3 Å². The predicted molar refractivity (Wildman–Crippen MR) is 107 cm³/mol. The third-order valence-corrected chi connectivity index (χ3v) is 4.55. The summed E-state index contributed by atoms with van der Waals surface area (Å²) in [6.07, 6.45) is -3.89. The van der Waals surface area contributed by atoms with Gasteiger partial charge in [0, 0.05) is 25.3 Å². The van der Waals surface area contributed by atoms with Crippen LogP contribution in [0.1, 0.15) is 28.5 Å². The average Bonchev–Trinajstić information content (AvgIpc) is 3.14. The van der Waals surface area contributed by atoms with Crippen LogP contribution < -0.4 is 10.2 Å². The maximum atomic E-state index is 13.7. The number of halogens is 3. The lowest BCUT2D eigenvalue weighted by molar-refractivity contribution is -0.143. The lowest BCUT2D eigenvalue weighted by Gasteiger charge is -2.15. The van der Waals surface area contributed by atoms with E-state index in [1.54, 1.807) is 31.3 Å². The van der Waals surface area contributed by atoms with Crippen LogP contribution in [0.15, 0.2) is 54.7 Å². The van der Waals surface area contributed by atoms with Gasteiger partial charge in [-0.05, 0) is 43.3 Å². The van der Waals surface area contributed by atoms with Gasteiger partial charge in [0.05, 0.1) is 17.4 Å². The van der Waals surface area contributed by atoms with Crippen molar-refractivity contribution in [1.29, 1.82) is 0 Å². The summed E-state index contributed by atoms with van der Waals surface area (Å²) in [5.41, 5.74) is 0.213. The molecule has 156 valence electrons. The molecule has 0 aliphatic rings. The standard InChI is InChI=1S/C21H19F3N4O2/c1-13-4-8-17(9-5-13)28-19(21(22,23)24)18(12-25-28)20(30)26-15-6-10-16(11-7-15)27(3)14(2)29/h4-12H,1-3H3,(H,26,30). The van der Waals surface area contributed by atoms with Crippen LogP contribution in [0.5, 0.6) is 0 Å². The first-order valence-corrected chi connectivity index (χ1v) is 8.96. The number of nitrogens with zero attached hydrogens (tertiary/aromatic N) is 3. The van der Waals surface area contributed by atoms with Crippen LogP contribution in [0.2, 0.25) is 0 Å². The highest BCUT2D eigenvalue weighted by molar-refractivity contribution is 6.05. The largest absolute Gasteiger partial charge is 0.434 e. The predicted octanol–water partition coefficient (Wildman–Crippen LogP) is 4.43. The van der Waals surface area contributed by atoms with Crippen LogP contribution in [0.4, 0.5) is 24.5 Å². The average molecular weight is 416 g/mol. The number of anilines is 2. The molecule has 1 heterocycles. The van der Waals surface area contributed by atoms with E-state index >= 15 is 0 Å². The fourth-order valence-corrected chi connectivity index (χ4v) is 2.82. The lowest BCUT2D eigenvalue weighted by atomic mass is 10.2. The lowest BCUT2D eigenvalue weighted by Crippen LogP contribution is -2.23. The molecule has 0 saturated carbocycles. The molecule has 6 nitrogen and oxygen atoms in total. The molecular weight excluding hydrogens is 397 g/mol. The van der Waals surface area contributed by atoms with Crippen LogP contribution >= 0.6 is 0 Å². The summed E-state index contributed by atoms with van der Waals surface area (Å²) >= 11 is 0. The normalized spacial score (nSPS) is 11.3. The summed E-state index contributed by atoms with van der Waals surface area (Å²) in [4.78, 5) is 25.4. The zero-order valence-electron chi connectivity index (χ0n) is 16.5. The minimum absolute atomic E-state index is 0.176. The molecule has 0 saturated heterocycles. The molecule has 0 unspecified atom stereocenters. The minimum atomic E-state index is -4.79. The summed E-state index contributed by atoms with van der Waals surface area (Å²) in [5.74, 6) is -1.11. The number of hydrogen-bond donors (Lipinski definition) is 1. The van der Waals surface area contributed by atoms with E-state index in [1.165, 1.54) is 36.1 Å². The summed E-state index contributed by atoms with van der Waals surface area (Å²) in [6.45, 7) is 3.22. The van der Waals surface area contributed by atoms with Gasteiger partial charge in [0.1, 0.15) is 0 Å². The van der Waals surface area contributed by atoms with E-state index in [2.05, 4.69) is 10.4 Å². The van der Waals surface area contributed by atoms with E-state index in [4.69, 9.17) is 0 Å². The Hall–Kier alpha value is -3.62. The number of amides is 2. The maximum absolute atomic E-state index is 13.7. The van der Waals surface area contributed by atoms with Gasteiger partial charge in [-0.3, -0.25) is 9.59 Å². The Balaban J connectivity index is 1.91. The number of alkyl halides is 3. The zero-order chi connectivity index (χ0) is 22.1. The van der Waals surface area contributed by atoms with Gasteiger partial charge in [0.2, 0.25) is 5.91 Å². The molecule has 0 bridgehead atoms. The highest BCUT2D eigenvalue weighted by atomic mass is 19.4. The van der Waals surface area contributed by atoms with E-state index in [9.17, 15) is 22.8 Å². The van der Waals surface area contributed by atoms with Crippen molar-refractivity contribution >= 4 is 23.2 Å². The second-order valence-corrected chi connectivity index (χ2v) is 6.73. The number of carbonyl (C=O) groups is 2. The quantitative estimate of drug-likeness (QED) is 0.684. The molecule has 0 radical (unpaired) electrons. The molecule has 3 rings (SSSR count). The van der Waals surface area contributed by atoms with Gasteiger partial charge >= 0.3 is 6.18 Å². The first-order chi connectivity index (χ1) is 14.1. The zero-order valence-corrected chi connectivity index (χ0v) is 16.5. The van der Waals surface area contributed by atoms with Gasteiger partial charge in [-0.25, -0.2) is 4.68 Å². The third-order valence-electron chi connectivity index (χ3n) is 4.55. The SMILES string of the molecule is CC(=O)N(C)c1ccc(NC(=O)c2cnn(-c3ccc(C)cc3)c2C(F)(F)F)cc1. The molecule has 2 aromatic carbocycles. The highest BCUT2D eigenvalue weighted by Crippen LogP contribution is 2.34. The molecule has 0 spiro atoms. The fourth-order valence-electron chi connectivity index (χ4n) is 2.82. The third kappa shape index (κ3) is 4.35. The van der Waals surface area contributed by atoms with E-state index in [-0.39, 0.29) is 17.3 Å². The summed E-state index contributed by atoms with van der Waals surface area (Å²) in [6, 6.07) is 12.5. The molecule has 0 aliphatic heterocycles. The molecule has 1 aromatic heterocycles. The van der Waals surface area contributed by atoms with Crippen molar-refractivity contribution in [2.24, 2.45) is 0 Å². The van der Waals surface area contributed by atoms with Gasteiger partial charge in [0.15, 0.2) is 5.69 Å². The Bertz CT molecular complexity index is 1070. The molecule has 0 aliphatic carbocycles. The first kappa shape index (κ1) is 21.1. The van der Waals surface area contributed by atoms with E-state index in [0.717, 1.165) is 11.8 Å². The van der Waals surface area contributed by atoms with Gasteiger partial charge in [-0.2, -0.15) is 18.3 Å². The first-order valence-electron chi connectivity index (χ1n) is 8.96. The minimum Gasteiger partial charge on any atom is -0.322 e. The Labute approximate surface area is 170 Å². The number of aromatic nitrogens is 2. The van der Waals surface area contributed by atoms with Crippen molar-refractivity contribution in [1.82, 2.24) is 9.78 Å². The van der Waals surface area contributed by atoms with Gasteiger partial charge in [0.25, 0.3) is 5.91 Å². The molecule has 0 atom stereocenters. The molecule has 3 aromatic rings. The van der Waals surface area contributed by atoms with Crippen molar-refractivity contribution in [2.75, 3.05) is 17.3 Å². The second-order valence-electron chi connectivity index (χ2n) is 6.73. The number of hydrogen-bond acceptors (Lipinski definition) is 3. The number of carbonyl (C=O) groups excluding carboxylic acids is 2. The molecular formula is C21H19F3N4O2. The fraction of sp³-hybridized carbons (Fsp3) is 0.190. The highest BCUT2D eigenvalue weighted by Gasteiger charge is 2.40. The Morgan fingerprint density at radius 2 is 1.63 bits per heavy atom. The van der Waals surface area contributed by atoms with Crippen molar-refractivity contribution in [3.05, 3.63) is 71.5 Å². The number of nitrogens with one attached hydrogen (secondary N) is 1. The maximum Gasteiger partial charge on any atom is 0.434 e. The monoisotopic (exact) mass is 416 g/mol. The molecule has 0 fully saturated rings. The summed E-state index contributed by atoms with van der Waals surface area (Å²) in [5, 5.41) is 6.24. The van der Waals surface area contributed by atoms with E-state index in [1.807, 2.05) is 6.92 Å². The van der Waals surface area contributed by atoms with Crippen molar-refractivity contribution in [2.45, 2.75) is 20.0 Å². The molecule has 30 heavy (non-hydrogen) atoms. The number of aryl methyl sites for hydroxylation is 1. The second kappa shape index (κ2) is 8.02. The van der Waals surface area contributed by atoms with Crippen LogP contribution in [0.3, 0.4) is 0 Å². The molecule has 9 heteroatoms. The van der Waals surface area contributed by atoms with Crippen LogP contribution in [-0.2, 0) is 11.0 Å². The van der Waals surface area contributed by atoms with Crippen molar-refractivity contribution in [3.63, 3.8) is 0 Å². The topological polar surface area (TPSA) is 67.2 Å². The number of rotatable bonds is 4. The van der Waals surface area contributed by atoms with E-state index in [0.29, 0.717) is 10.4 Å². The number of benzene rings is 2. The summed E-state index contributed by atoms with van der Waals surface area (Å²) < 4.78 is 41.9. The molecule has 1 N–H and O–H groups in total. The Morgan fingerprint density at radius 1 is 1.03 bits per heavy atom. The van der Waals surface area contributed by atoms with Gasteiger partial charge < -0.3 is 10.2 Å². The van der Waals surface area contributed by atoms with Crippen LogP contribution in [0, 0.1) is 6.92 Å². The molecule has 2 amide bonds. The Morgan fingerprint density at radius 3 is 2.17 bits per heavy atom. The van der Waals surface area contributed by atoms with Crippen molar-refractivity contribution in [3.8, 4) is 5.69 Å². The summed E-state index contributed by atoms with van der Waals surface area (Å²) in [7, 11) is 1.59. The van der Waals surface area contributed by atoms with Crippen LogP contribution in [-0.4, -0.2) is 28.6 Å².